The molecule has 0 N–H and O–H groups in total. The fourth-order valence-corrected chi connectivity index (χ4v) is 0.980. The lowest BCUT2D eigenvalue weighted by atomic mass is 10.3. The van der Waals surface area contributed by atoms with Crippen LogP contribution in [0.1, 0.15) is 0 Å². The highest BCUT2D eigenvalue weighted by molar-refractivity contribution is 5.81. The van der Waals surface area contributed by atoms with Crippen molar-refractivity contribution in [3.05, 3.63) is 24.3 Å². The first kappa shape index (κ1) is 6.68. The van der Waals surface area contributed by atoms with E-state index in [2.05, 4.69) is 9.89 Å². The zero-order valence-electron chi connectivity index (χ0n) is 6.02. The summed E-state index contributed by atoms with van der Waals surface area (Å²) in [6.07, 6.45) is 1.54. The minimum Gasteiger partial charge on any atom is -0.363 e. The Kier molecular flexibility index (Phi) is 1.42. The van der Waals surface area contributed by atoms with Gasteiger partial charge in [-0.2, -0.15) is 0 Å². The summed E-state index contributed by atoms with van der Waals surface area (Å²) >= 11 is 0. The van der Waals surface area contributed by atoms with Crippen molar-refractivity contribution in [3.63, 3.8) is 0 Å². The molecule has 4 nitrogen and oxygen atoms in total. The van der Waals surface area contributed by atoms with E-state index in [1.807, 2.05) is 12.1 Å². The number of hydrogen-bond donors (Lipinski definition) is 0. The molecule has 0 saturated carbocycles. The van der Waals surface area contributed by atoms with Gasteiger partial charge in [0.1, 0.15) is 0 Å². The number of fused-ring (bicyclic) bond motifs is 1. The predicted molar refractivity (Wildman–Crippen MR) is 40.3 cm³/mol. The molecule has 2 rings (SSSR count). The fraction of sp³-hybridized carbons (Fsp3) is 0. The Bertz CT molecular complexity index is 441. The monoisotopic (exact) mass is 160 g/mol. The zero-order chi connectivity index (χ0) is 8.39. The molecule has 0 aliphatic heterocycles. The van der Waals surface area contributed by atoms with Gasteiger partial charge in [0.2, 0.25) is 0 Å². The SMILES string of the molecule is N#COc1noc2ccccc12. The predicted octanol–water partition coefficient (Wildman–Crippen LogP) is 1.69. The maximum atomic E-state index is 8.24. The fourth-order valence-electron chi connectivity index (χ4n) is 0.980. The minimum absolute atomic E-state index is 0.216. The molecule has 1 heterocycles. The van der Waals surface area contributed by atoms with Crippen molar-refractivity contribution in [2.45, 2.75) is 0 Å². The highest BCUT2D eigenvalue weighted by atomic mass is 16.5. The van der Waals surface area contributed by atoms with E-state index in [1.54, 1.807) is 12.1 Å². The molecule has 1 aromatic heterocycles. The van der Waals surface area contributed by atoms with Gasteiger partial charge in [0, 0.05) is 0 Å². The number of rotatable bonds is 1. The largest absolute Gasteiger partial charge is 0.363 e. The number of nitrogens with zero attached hydrogens (tertiary/aromatic N) is 2. The maximum absolute atomic E-state index is 8.24. The van der Waals surface area contributed by atoms with E-state index in [0.29, 0.717) is 11.0 Å². The maximum Gasteiger partial charge on any atom is 0.294 e. The second-order valence-electron chi connectivity index (χ2n) is 2.18. The van der Waals surface area contributed by atoms with Gasteiger partial charge in [0.15, 0.2) is 5.58 Å². The number of ether oxygens (including phenoxy) is 1. The van der Waals surface area contributed by atoms with Gasteiger partial charge in [-0.25, -0.2) is 0 Å². The highest BCUT2D eigenvalue weighted by Gasteiger charge is 2.06. The Balaban J connectivity index is 2.64. The third-order valence-corrected chi connectivity index (χ3v) is 1.49. The highest BCUT2D eigenvalue weighted by Crippen LogP contribution is 2.23. The van der Waals surface area contributed by atoms with E-state index in [1.165, 1.54) is 6.26 Å². The Morgan fingerprint density at radius 2 is 2.25 bits per heavy atom. The Labute approximate surface area is 67.9 Å². The van der Waals surface area contributed by atoms with Crippen molar-refractivity contribution in [1.29, 1.82) is 5.26 Å². The van der Waals surface area contributed by atoms with Gasteiger partial charge in [-0.3, -0.25) is 0 Å². The smallest absolute Gasteiger partial charge is 0.294 e. The lowest BCUT2D eigenvalue weighted by Gasteiger charge is -1.85. The normalized spacial score (nSPS) is 9.58. The summed E-state index contributed by atoms with van der Waals surface area (Å²) < 4.78 is 9.44. The Morgan fingerprint density at radius 1 is 1.42 bits per heavy atom. The molecule has 0 bridgehead atoms. The third-order valence-electron chi connectivity index (χ3n) is 1.49. The lowest BCUT2D eigenvalue weighted by molar-refractivity contribution is 0.393. The molecule has 0 amide bonds. The topological polar surface area (TPSA) is 59.0 Å². The first-order valence-electron chi connectivity index (χ1n) is 3.32. The van der Waals surface area contributed by atoms with Crippen LogP contribution in [0.2, 0.25) is 0 Å². The van der Waals surface area contributed by atoms with Crippen LogP contribution in [-0.4, -0.2) is 5.16 Å². The van der Waals surface area contributed by atoms with Crippen LogP contribution in [0, 0.1) is 11.5 Å². The van der Waals surface area contributed by atoms with Crippen molar-refractivity contribution in [3.8, 4) is 12.1 Å². The van der Waals surface area contributed by atoms with Crippen molar-refractivity contribution in [2.75, 3.05) is 0 Å². The van der Waals surface area contributed by atoms with Gasteiger partial charge in [-0.15, -0.1) is 5.26 Å². The Hall–Kier alpha value is -2.02. The number of aromatic nitrogens is 1. The summed E-state index contributed by atoms with van der Waals surface area (Å²) in [5.74, 6) is 0.216. The summed E-state index contributed by atoms with van der Waals surface area (Å²) in [4.78, 5) is 0. The average molecular weight is 160 g/mol. The molecule has 0 fully saturated rings. The average Bonchev–Trinajstić information content (AvgIpc) is 2.50. The first-order valence-corrected chi connectivity index (χ1v) is 3.32. The second-order valence-corrected chi connectivity index (χ2v) is 2.18. The van der Waals surface area contributed by atoms with Crippen LogP contribution in [0.3, 0.4) is 0 Å². The molecule has 1 aromatic carbocycles. The van der Waals surface area contributed by atoms with E-state index >= 15 is 0 Å². The quantitative estimate of drug-likeness (QED) is 0.595. The van der Waals surface area contributed by atoms with E-state index in [0.717, 1.165) is 0 Å². The number of nitriles is 1. The van der Waals surface area contributed by atoms with Gasteiger partial charge in [0.05, 0.1) is 5.39 Å². The van der Waals surface area contributed by atoms with Crippen LogP contribution in [0.4, 0.5) is 0 Å². The molecule has 0 saturated heterocycles. The summed E-state index contributed by atoms with van der Waals surface area (Å²) in [7, 11) is 0. The molecule has 0 aliphatic carbocycles. The molecule has 0 aliphatic rings. The van der Waals surface area contributed by atoms with Crippen LogP contribution in [0.15, 0.2) is 28.8 Å². The molecule has 58 valence electrons. The molecular formula is C8H4N2O2. The molecule has 0 unspecified atom stereocenters. The molecule has 12 heavy (non-hydrogen) atoms. The van der Waals surface area contributed by atoms with Crippen molar-refractivity contribution >= 4 is 11.0 Å². The van der Waals surface area contributed by atoms with Crippen LogP contribution in [0.25, 0.3) is 11.0 Å². The molecule has 2 aromatic rings. The first-order chi connectivity index (χ1) is 5.92. The van der Waals surface area contributed by atoms with Crippen molar-refractivity contribution < 1.29 is 9.26 Å². The Morgan fingerprint density at radius 3 is 3.08 bits per heavy atom. The van der Waals surface area contributed by atoms with Gasteiger partial charge in [-0.1, -0.05) is 12.1 Å². The summed E-state index contributed by atoms with van der Waals surface area (Å²) in [6.45, 7) is 0. The van der Waals surface area contributed by atoms with Crippen LogP contribution >= 0.6 is 0 Å². The van der Waals surface area contributed by atoms with Crippen LogP contribution in [-0.2, 0) is 0 Å². The van der Waals surface area contributed by atoms with Crippen molar-refractivity contribution in [2.24, 2.45) is 0 Å². The van der Waals surface area contributed by atoms with Gasteiger partial charge >= 0.3 is 0 Å². The molecule has 4 heteroatoms. The second kappa shape index (κ2) is 2.55. The number of hydrogen-bond acceptors (Lipinski definition) is 4. The number of para-hydroxylation sites is 1. The lowest BCUT2D eigenvalue weighted by Crippen LogP contribution is -1.80. The van der Waals surface area contributed by atoms with Crippen molar-refractivity contribution in [1.82, 2.24) is 5.16 Å². The van der Waals surface area contributed by atoms with Crippen LogP contribution in [0.5, 0.6) is 5.88 Å². The summed E-state index contributed by atoms with van der Waals surface area (Å²) in [6, 6.07) is 7.18. The van der Waals surface area contributed by atoms with E-state index in [-0.39, 0.29) is 5.88 Å². The van der Waals surface area contributed by atoms with E-state index in [9.17, 15) is 0 Å². The molecule has 0 spiro atoms. The summed E-state index contributed by atoms with van der Waals surface area (Å²) in [5.41, 5.74) is 0.614. The zero-order valence-corrected chi connectivity index (χ0v) is 6.02. The molecule has 0 radical (unpaired) electrons. The standard InChI is InChI=1S/C8H4N2O2/c9-5-11-8-6-3-1-2-4-7(6)12-10-8/h1-4H. The third kappa shape index (κ3) is 0.883. The van der Waals surface area contributed by atoms with E-state index < -0.39 is 0 Å². The number of benzene rings is 1. The van der Waals surface area contributed by atoms with Gasteiger partial charge in [-0.05, 0) is 17.3 Å². The minimum atomic E-state index is 0.216. The van der Waals surface area contributed by atoms with Crippen LogP contribution < -0.4 is 4.74 Å². The molecular weight excluding hydrogens is 156 g/mol. The molecule has 0 atom stereocenters. The van der Waals surface area contributed by atoms with Gasteiger partial charge in [0.25, 0.3) is 12.1 Å². The van der Waals surface area contributed by atoms with Gasteiger partial charge < -0.3 is 9.26 Å². The van der Waals surface area contributed by atoms with E-state index in [4.69, 9.17) is 9.78 Å². The summed E-state index contributed by atoms with van der Waals surface area (Å²) in [5, 5.41) is 12.5.